The number of carbonyl (C=O) groups excluding carboxylic acids is 2. The topological polar surface area (TPSA) is 85.1 Å². The number of benzene rings is 1. The van der Waals surface area contributed by atoms with E-state index in [2.05, 4.69) is 15.2 Å². The highest BCUT2D eigenvalue weighted by Gasteiger charge is 2.22. The summed E-state index contributed by atoms with van der Waals surface area (Å²) >= 11 is 0. The molecular weight excluding hydrogens is 409 g/mol. The van der Waals surface area contributed by atoms with Gasteiger partial charge in [-0.2, -0.15) is 5.10 Å². The molecular formula is C24H28FN5O2. The summed E-state index contributed by atoms with van der Waals surface area (Å²) in [5.74, 6) is -0.310. The number of nitrogens with one attached hydrogen (secondary N) is 2. The lowest BCUT2D eigenvalue weighted by Gasteiger charge is -2.15. The van der Waals surface area contributed by atoms with Crippen LogP contribution in [0.3, 0.4) is 0 Å². The van der Waals surface area contributed by atoms with Crippen LogP contribution in [-0.4, -0.2) is 69.9 Å². The molecule has 0 spiro atoms. The zero-order valence-electron chi connectivity index (χ0n) is 18.2. The molecule has 8 heteroatoms. The summed E-state index contributed by atoms with van der Waals surface area (Å²) in [6.07, 6.45) is 5.36. The Bertz CT molecular complexity index is 1070. The summed E-state index contributed by atoms with van der Waals surface area (Å²) in [4.78, 5) is 31.8. The molecule has 0 aliphatic carbocycles. The van der Waals surface area contributed by atoms with Crippen molar-refractivity contribution in [3.05, 3.63) is 65.4 Å². The first-order valence-corrected chi connectivity index (χ1v) is 11.0. The van der Waals surface area contributed by atoms with Gasteiger partial charge < -0.3 is 9.88 Å². The molecule has 2 aromatic heterocycles. The van der Waals surface area contributed by atoms with Crippen LogP contribution >= 0.6 is 0 Å². The van der Waals surface area contributed by atoms with Gasteiger partial charge in [-0.15, -0.1) is 0 Å². The predicted octanol–water partition coefficient (Wildman–Crippen LogP) is 3.53. The normalized spacial score (nSPS) is 13.8. The number of likely N-dealkylation sites (tertiary alicyclic amines) is 1. The lowest BCUT2D eigenvalue weighted by molar-refractivity contribution is 0.0787. The molecule has 1 aliphatic heterocycles. The fourth-order valence-corrected chi connectivity index (χ4v) is 3.98. The zero-order chi connectivity index (χ0) is 22.5. The van der Waals surface area contributed by atoms with Gasteiger partial charge in [0.2, 0.25) is 0 Å². The highest BCUT2D eigenvalue weighted by molar-refractivity contribution is 6.01. The van der Waals surface area contributed by atoms with Gasteiger partial charge in [0.1, 0.15) is 11.5 Å². The lowest BCUT2D eigenvalue weighted by Crippen LogP contribution is -2.28. The van der Waals surface area contributed by atoms with E-state index in [4.69, 9.17) is 0 Å². The summed E-state index contributed by atoms with van der Waals surface area (Å²) in [6, 6.07) is 9.89. The molecule has 3 aromatic rings. The first-order valence-electron chi connectivity index (χ1n) is 11.0. The summed E-state index contributed by atoms with van der Waals surface area (Å²) < 4.78 is 13.1. The van der Waals surface area contributed by atoms with Gasteiger partial charge in [-0.05, 0) is 75.7 Å². The van der Waals surface area contributed by atoms with Crippen LogP contribution < -0.4 is 0 Å². The van der Waals surface area contributed by atoms with E-state index in [9.17, 15) is 14.0 Å². The average Bonchev–Trinajstić information content (AvgIpc) is 3.55. The number of aryl methyl sites for hydroxylation is 1. The van der Waals surface area contributed by atoms with E-state index in [1.807, 2.05) is 22.9 Å². The van der Waals surface area contributed by atoms with Crippen LogP contribution in [0.4, 0.5) is 4.39 Å². The summed E-state index contributed by atoms with van der Waals surface area (Å²) in [5.41, 5.74) is 3.67. The fourth-order valence-electron chi connectivity index (χ4n) is 3.98. The van der Waals surface area contributed by atoms with E-state index in [1.54, 1.807) is 24.4 Å². The molecule has 32 heavy (non-hydrogen) atoms. The minimum absolute atomic E-state index is 0.00985. The Hall–Kier alpha value is -3.26. The molecule has 0 unspecified atom stereocenters. The van der Waals surface area contributed by atoms with Crippen LogP contribution in [0.2, 0.25) is 0 Å². The minimum Gasteiger partial charge on any atom is -0.356 e. The molecule has 0 bridgehead atoms. The van der Waals surface area contributed by atoms with Crippen LogP contribution in [0.1, 0.15) is 45.8 Å². The number of carbonyl (C=O) groups is 2. The van der Waals surface area contributed by atoms with Crippen LogP contribution in [0.15, 0.2) is 42.6 Å². The molecule has 7 nitrogen and oxygen atoms in total. The Balaban J connectivity index is 1.23. The number of aromatic amines is 2. The number of Topliss-reactive ketones (excluding diaryl/α,β-unsaturated/α-hetero) is 1. The molecule has 168 valence electrons. The first kappa shape index (κ1) is 22.0. The third-order valence-electron chi connectivity index (χ3n) is 5.80. The second-order valence-corrected chi connectivity index (χ2v) is 8.35. The van der Waals surface area contributed by atoms with E-state index in [0.29, 0.717) is 17.8 Å². The highest BCUT2D eigenvalue weighted by Crippen LogP contribution is 2.19. The minimum atomic E-state index is -0.267. The second-order valence-electron chi connectivity index (χ2n) is 8.35. The van der Waals surface area contributed by atoms with Gasteiger partial charge >= 0.3 is 0 Å². The van der Waals surface area contributed by atoms with E-state index in [1.165, 1.54) is 12.1 Å². The van der Waals surface area contributed by atoms with E-state index in [-0.39, 0.29) is 17.5 Å². The molecule has 1 saturated heterocycles. The predicted molar refractivity (Wildman–Crippen MR) is 120 cm³/mol. The van der Waals surface area contributed by atoms with Crippen molar-refractivity contribution < 1.29 is 14.0 Å². The third-order valence-corrected chi connectivity index (χ3v) is 5.80. The number of H-pyrrole nitrogens is 2. The smallest absolute Gasteiger partial charge is 0.270 e. The largest absolute Gasteiger partial charge is 0.356 e. The van der Waals surface area contributed by atoms with Gasteiger partial charge in [0.25, 0.3) is 5.91 Å². The quantitative estimate of drug-likeness (QED) is 0.502. The standard InChI is InChI=1S/C24H28FN5O2/c1-29(10-4-5-20-14-21(28-27-20)17-6-8-19(25)9-7-17)16-23(31)18-13-22(26-15-18)24(32)30-11-2-3-12-30/h6-9,13-15,26H,2-5,10-12,16H2,1H3,(H,27,28). The maximum Gasteiger partial charge on any atom is 0.270 e. The maximum atomic E-state index is 13.1. The van der Waals surface area contributed by atoms with E-state index >= 15 is 0 Å². The van der Waals surface area contributed by atoms with Crippen LogP contribution in [0.5, 0.6) is 0 Å². The number of aromatic nitrogens is 3. The van der Waals surface area contributed by atoms with Gasteiger partial charge in [0.05, 0.1) is 12.2 Å². The Labute approximate surface area is 186 Å². The molecule has 1 aliphatic rings. The van der Waals surface area contributed by atoms with Crippen molar-refractivity contribution >= 4 is 11.7 Å². The fraction of sp³-hybridized carbons (Fsp3) is 0.375. The molecule has 3 heterocycles. The van der Waals surface area contributed by atoms with Crippen LogP contribution in [-0.2, 0) is 6.42 Å². The summed E-state index contributed by atoms with van der Waals surface area (Å²) in [5, 5.41) is 7.32. The average molecular weight is 438 g/mol. The number of likely N-dealkylation sites (N-methyl/N-ethyl adjacent to an activating group) is 1. The summed E-state index contributed by atoms with van der Waals surface area (Å²) in [7, 11) is 1.91. The Morgan fingerprint density at radius 1 is 1.16 bits per heavy atom. The van der Waals surface area contributed by atoms with Crippen molar-refractivity contribution in [2.45, 2.75) is 25.7 Å². The third kappa shape index (κ3) is 5.31. The SMILES string of the molecule is CN(CCCc1cc(-c2ccc(F)cc2)n[nH]1)CC(=O)c1c[nH]c(C(=O)N2CCCC2)c1. The zero-order valence-corrected chi connectivity index (χ0v) is 18.2. The first-order chi connectivity index (χ1) is 15.5. The van der Waals surface area contributed by atoms with Crippen molar-refractivity contribution in [2.24, 2.45) is 0 Å². The van der Waals surface area contributed by atoms with Gasteiger partial charge in [-0.25, -0.2) is 4.39 Å². The van der Waals surface area contributed by atoms with Crippen molar-refractivity contribution in [3.8, 4) is 11.3 Å². The van der Waals surface area contributed by atoms with Crippen molar-refractivity contribution in [1.29, 1.82) is 0 Å². The molecule has 1 aromatic carbocycles. The van der Waals surface area contributed by atoms with E-state index in [0.717, 1.165) is 62.3 Å². The van der Waals surface area contributed by atoms with Gasteiger partial charge in [0, 0.05) is 36.1 Å². The van der Waals surface area contributed by atoms with Crippen LogP contribution in [0, 0.1) is 5.82 Å². The Morgan fingerprint density at radius 2 is 1.91 bits per heavy atom. The number of halogens is 1. The van der Waals surface area contributed by atoms with Crippen molar-refractivity contribution in [3.63, 3.8) is 0 Å². The number of nitrogens with zero attached hydrogens (tertiary/aromatic N) is 3. The Kier molecular flexibility index (Phi) is 6.80. The number of hydrogen-bond donors (Lipinski definition) is 2. The van der Waals surface area contributed by atoms with Gasteiger partial charge in [0.15, 0.2) is 5.78 Å². The summed E-state index contributed by atoms with van der Waals surface area (Å²) in [6.45, 7) is 2.61. The molecule has 0 saturated carbocycles. The van der Waals surface area contributed by atoms with Crippen molar-refractivity contribution in [1.82, 2.24) is 25.0 Å². The molecule has 0 radical (unpaired) electrons. The van der Waals surface area contributed by atoms with Crippen molar-refractivity contribution in [2.75, 3.05) is 33.2 Å². The molecule has 4 rings (SSSR count). The number of amides is 1. The van der Waals surface area contributed by atoms with Gasteiger partial charge in [-0.1, -0.05) is 0 Å². The number of hydrogen-bond acceptors (Lipinski definition) is 4. The highest BCUT2D eigenvalue weighted by atomic mass is 19.1. The van der Waals surface area contributed by atoms with Crippen LogP contribution in [0.25, 0.3) is 11.3 Å². The Morgan fingerprint density at radius 3 is 2.66 bits per heavy atom. The molecule has 2 N–H and O–H groups in total. The molecule has 1 fully saturated rings. The molecule has 1 amide bonds. The van der Waals surface area contributed by atoms with Gasteiger partial charge in [-0.3, -0.25) is 19.6 Å². The lowest BCUT2D eigenvalue weighted by atomic mass is 10.1. The number of rotatable bonds is 9. The monoisotopic (exact) mass is 437 g/mol. The second kappa shape index (κ2) is 9.91. The molecule has 0 atom stereocenters. The number of ketones is 1. The van der Waals surface area contributed by atoms with E-state index < -0.39 is 0 Å². The maximum absolute atomic E-state index is 13.1.